The van der Waals surface area contributed by atoms with Crippen LogP contribution in [0, 0.1) is 0 Å². The summed E-state index contributed by atoms with van der Waals surface area (Å²) in [5.74, 6) is 0. The number of rotatable bonds is 7. The Hall–Kier alpha value is -0.460. The second-order valence-electron chi connectivity index (χ2n) is 5.81. The molecule has 2 rings (SSSR count). The van der Waals surface area contributed by atoms with Crippen LogP contribution in [-0.4, -0.2) is 66.3 Å². The van der Waals surface area contributed by atoms with Gasteiger partial charge in [0.05, 0.1) is 6.10 Å². The summed E-state index contributed by atoms with van der Waals surface area (Å²) in [7, 11) is 0. The van der Waals surface area contributed by atoms with E-state index in [1.165, 1.54) is 4.88 Å². The molecular weight excluding hydrogens is 270 g/mol. The smallest absolute Gasteiger partial charge is 0.0794 e. The quantitative estimate of drug-likeness (QED) is 0.794. The lowest BCUT2D eigenvalue weighted by atomic mass is 10.2. The third-order valence-corrected chi connectivity index (χ3v) is 4.65. The number of piperazine rings is 1. The minimum Gasteiger partial charge on any atom is -0.390 e. The van der Waals surface area contributed by atoms with Crippen LogP contribution in [0.3, 0.4) is 0 Å². The zero-order valence-electron chi connectivity index (χ0n) is 12.6. The first-order chi connectivity index (χ1) is 9.65. The van der Waals surface area contributed by atoms with Crippen LogP contribution in [0.5, 0.6) is 0 Å². The van der Waals surface area contributed by atoms with Gasteiger partial charge in [0.25, 0.3) is 0 Å². The van der Waals surface area contributed by atoms with E-state index in [9.17, 15) is 5.11 Å². The van der Waals surface area contributed by atoms with E-state index in [1.807, 2.05) is 0 Å². The molecule has 1 saturated heterocycles. The second kappa shape index (κ2) is 8.10. The third kappa shape index (κ3) is 5.14. The Bertz CT molecular complexity index is 363. The summed E-state index contributed by atoms with van der Waals surface area (Å²) < 4.78 is 0. The van der Waals surface area contributed by atoms with E-state index in [4.69, 9.17) is 0 Å². The Morgan fingerprint density at radius 1 is 1.40 bits per heavy atom. The maximum atomic E-state index is 10.3. The normalized spacial score (nSPS) is 18.9. The van der Waals surface area contributed by atoms with Crippen LogP contribution < -0.4 is 5.32 Å². The summed E-state index contributed by atoms with van der Waals surface area (Å²) in [6.45, 7) is 11.0. The van der Waals surface area contributed by atoms with Gasteiger partial charge in [-0.2, -0.15) is 0 Å². The van der Waals surface area contributed by atoms with Crippen molar-refractivity contribution in [1.82, 2.24) is 15.1 Å². The van der Waals surface area contributed by atoms with Crippen molar-refractivity contribution >= 4 is 11.3 Å². The number of hydrogen-bond donors (Lipinski definition) is 2. The molecule has 1 atom stereocenters. The van der Waals surface area contributed by atoms with Crippen LogP contribution in [0.4, 0.5) is 0 Å². The maximum Gasteiger partial charge on any atom is 0.0794 e. The van der Waals surface area contributed by atoms with Crippen LogP contribution in [0.2, 0.25) is 0 Å². The van der Waals surface area contributed by atoms with Gasteiger partial charge in [0.15, 0.2) is 0 Å². The number of aliphatic hydroxyl groups is 1. The SMILES string of the molecule is CC(C)N(Cc1cccs1)CC(O)CN1CCNCC1. The number of β-amino-alcohol motifs (C(OH)–C–C–N with tert-alkyl or cyclic N) is 1. The first kappa shape index (κ1) is 15.9. The second-order valence-corrected chi connectivity index (χ2v) is 6.84. The van der Waals surface area contributed by atoms with Crippen molar-refractivity contribution in [2.45, 2.75) is 32.5 Å². The molecule has 114 valence electrons. The molecule has 5 heteroatoms. The Labute approximate surface area is 126 Å². The van der Waals surface area contributed by atoms with E-state index in [0.29, 0.717) is 6.04 Å². The summed E-state index contributed by atoms with van der Waals surface area (Å²) in [5, 5.41) is 15.8. The van der Waals surface area contributed by atoms with Crippen LogP contribution in [-0.2, 0) is 6.54 Å². The van der Waals surface area contributed by atoms with Gasteiger partial charge in [0.1, 0.15) is 0 Å². The van der Waals surface area contributed by atoms with Crippen molar-refractivity contribution in [1.29, 1.82) is 0 Å². The molecule has 0 spiro atoms. The molecule has 4 nitrogen and oxygen atoms in total. The highest BCUT2D eigenvalue weighted by Crippen LogP contribution is 2.14. The molecule has 0 aromatic carbocycles. The highest BCUT2D eigenvalue weighted by molar-refractivity contribution is 7.09. The number of aliphatic hydroxyl groups excluding tert-OH is 1. The average molecular weight is 297 g/mol. The summed E-state index contributed by atoms with van der Waals surface area (Å²) in [4.78, 5) is 6.08. The van der Waals surface area contributed by atoms with E-state index in [2.05, 4.69) is 46.5 Å². The minimum absolute atomic E-state index is 0.268. The van der Waals surface area contributed by atoms with E-state index < -0.39 is 0 Å². The molecule has 1 aromatic rings. The lowest BCUT2D eigenvalue weighted by Gasteiger charge is -2.32. The first-order valence-corrected chi connectivity index (χ1v) is 8.40. The lowest BCUT2D eigenvalue weighted by molar-refractivity contribution is 0.0565. The zero-order valence-corrected chi connectivity index (χ0v) is 13.4. The van der Waals surface area contributed by atoms with Gasteiger partial charge < -0.3 is 10.4 Å². The molecule has 2 heterocycles. The Kier molecular flexibility index (Phi) is 6.45. The summed E-state index contributed by atoms with van der Waals surface area (Å²) >= 11 is 1.79. The van der Waals surface area contributed by atoms with Crippen LogP contribution in [0.15, 0.2) is 17.5 Å². The predicted molar refractivity (Wildman–Crippen MR) is 85.2 cm³/mol. The van der Waals surface area contributed by atoms with E-state index >= 15 is 0 Å². The van der Waals surface area contributed by atoms with E-state index in [1.54, 1.807) is 11.3 Å². The van der Waals surface area contributed by atoms with Gasteiger partial charge in [-0.15, -0.1) is 11.3 Å². The summed E-state index contributed by atoms with van der Waals surface area (Å²) in [6.07, 6.45) is -0.268. The molecule has 0 amide bonds. The number of nitrogens with zero attached hydrogens (tertiary/aromatic N) is 2. The Morgan fingerprint density at radius 3 is 2.75 bits per heavy atom. The van der Waals surface area contributed by atoms with E-state index in [0.717, 1.165) is 45.8 Å². The van der Waals surface area contributed by atoms with Crippen molar-refractivity contribution in [2.75, 3.05) is 39.3 Å². The van der Waals surface area contributed by atoms with Crippen molar-refractivity contribution in [3.05, 3.63) is 22.4 Å². The van der Waals surface area contributed by atoms with Crippen molar-refractivity contribution < 1.29 is 5.11 Å². The number of thiophene rings is 1. The molecule has 0 aliphatic carbocycles. The lowest BCUT2D eigenvalue weighted by Crippen LogP contribution is -2.48. The van der Waals surface area contributed by atoms with Crippen molar-refractivity contribution in [2.24, 2.45) is 0 Å². The van der Waals surface area contributed by atoms with Gasteiger partial charge in [-0.1, -0.05) is 6.07 Å². The topological polar surface area (TPSA) is 38.7 Å². The molecule has 1 aliphatic rings. The van der Waals surface area contributed by atoms with Gasteiger partial charge in [0, 0.05) is 56.7 Å². The average Bonchev–Trinajstić information content (AvgIpc) is 2.92. The molecule has 0 bridgehead atoms. The Morgan fingerprint density at radius 2 is 2.15 bits per heavy atom. The van der Waals surface area contributed by atoms with Crippen LogP contribution >= 0.6 is 11.3 Å². The standard InChI is InChI=1S/C15H27N3OS/c1-13(2)18(12-15-4-3-9-20-15)11-14(19)10-17-7-5-16-6-8-17/h3-4,9,13-14,16,19H,5-8,10-12H2,1-2H3. The highest BCUT2D eigenvalue weighted by Gasteiger charge is 2.19. The summed E-state index contributed by atoms with van der Waals surface area (Å²) in [6, 6.07) is 4.72. The molecule has 0 radical (unpaired) electrons. The fraction of sp³-hybridized carbons (Fsp3) is 0.733. The number of hydrogen-bond acceptors (Lipinski definition) is 5. The zero-order chi connectivity index (χ0) is 14.4. The van der Waals surface area contributed by atoms with Gasteiger partial charge in [-0.25, -0.2) is 0 Å². The highest BCUT2D eigenvalue weighted by atomic mass is 32.1. The monoisotopic (exact) mass is 297 g/mol. The Balaban J connectivity index is 1.80. The van der Waals surface area contributed by atoms with E-state index in [-0.39, 0.29) is 6.10 Å². The molecule has 2 N–H and O–H groups in total. The van der Waals surface area contributed by atoms with Crippen LogP contribution in [0.25, 0.3) is 0 Å². The van der Waals surface area contributed by atoms with Gasteiger partial charge >= 0.3 is 0 Å². The van der Waals surface area contributed by atoms with Gasteiger partial charge in [-0.05, 0) is 25.3 Å². The van der Waals surface area contributed by atoms with Gasteiger partial charge in [-0.3, -0.25) is 9.80 Å². The fourth-order valence-electron chi connectivity index (χ4n) is 2.58. The largest absolute Gasteiger partial charge is 0.390 e. The predicted octanol–water partition coefficient (Wildman–Crippen LogP) is 1.22. The minimum atomic E-state index is -0.268. The van der Waals surface area contributed by atoms with Crippen LogP contribution in [0.1, 0.15) is 18.7 Å². The maximum absolute atomic E-state index is 10.3. The number of nitrogens with one attached hydrogen (secondary N) is 1. The van der Waals surface area contributed by atoms with Crippen molar-refractivity contribution in [3.63, 3.8) is 0 Å². The van der Waals surface area contributed by atoms with Crippen molar-refractivity contribution in [3.8, 4) is 0 Å². The third-order valence-electron chi connectivity index (χ3n) is 3.79. The molecule has 1 unspecified atom stereocenters. The molecule has 1 fully saturated rings. The molecular formula is C15H27N3OS. The first-order valence-electron chi connectivity index (χ1n) is 7.52. The molecule has 0 saturated carbocycles. The van der Waals surface area contributed by atoms with Gasteiger partial charge in [0.2, 0.25) is 0 Å². The molecule has 1 aliphatic heterocycles. The molecule has 1 aromatic heterocycles. The summed E-state index contributed by atoms with van der Waals surface area (Å²) in [5.41, 5.74) is 0. The fourth-order valence-corrected chi connectivity index (χ4v) is 3.31. The molecule has 20 heavy (non-hydrogen) atoms.